The van der Waals surface area contributed by atoms with Gasteiger partial charge < -0.3 is 19.4 Å². The SMILES string of the molecule is CCOC(=O)c1c(C(=O)N2CCN(C(=O)N(C)C)C(C)C2)nc(C)nc1-c1ccccc1. The lowest BCUT2D eigenvalue weighted by atomic mass is 10.0. The lowest BCUT2D eigenvalue weighted by Gasteiger charge is -2.40. The molecule has 1 aromatic carbocycles. The first kappa shape index (κ1) is 23.2. The fourth-order valence-electron chi connectivity index (χ4n) is 3.76. The van der Waals surface area contributed by atoms with Crippen LogP contribution in [0.3, 0.4) is 0 Å². The van der Waals surface area contributed by atoms with E-state index in [1.807, 2.05) is 37.3 Å². The molecular formula is C23H29N5O4. The number of carbonyl (C=O) groups is 3. The minimum absolute atomic E-state index is 0.0226. The molecule has 0 bridgehead atoms. The highest BCUT2D eigenvalue weighted by Gasteiger charge is 2.34. The first-order chi connectivity index (χ1) is 15.2. The molecule has 3 amide bonds. The van der Waals surface area contributed by atoms with Gasteiger partial charge in [-0.25, -0.2) is 19.6 Å². The molecule has 2 aromatic rings. The molecule has 9 heteroatoms. The lowest BCUT2D eigenvalue weighted by Crippen LogP contribution is -2.57. The van der Waals surface area contributed by atoms with Crippen molar-refractivity contribution in [2.24, 2.45) is 0 Å². The van der Waals surface area contributed by atoms with Crippen molar-refractivity contribution < 1.29 is 19.1 Å². The quantitative estimate of drug-likeness (QED) is 0.679. The number of amides is 3. The maximum absolute atomic E-state index is 13.5. The van der Waals surface area contributed by atoms with E-state index in [1.54, 1.807) is 37.7 Å². The van der Waals surface area contributed by atoms with Gasteiger partial charge >= 0.3 is 12.0 Å². The van der Waals surface area contributed by atoms with Crippen LogP contribution in [0.25, 0.3) is 11.3 Å². The van der Waals surface area contributed by atoms with Crippen LogP contribution in [0.2, 0.25) is 0 Å². The number of rotatable bonds is 4. The molecule has 1 unspecified atom stereocenters. The summed E-state index contributed by atoms with van der Waals surface area (Å²) in [6.07, 6.45) is 0. The van der Waals surface area contributed by atoms with Gasteiger partial charge in [0.2, 0.25) is 0 Å². The van der Waals surface area contributed by atoms with Crippen LogP contribution in [0.4, 0.5) is 4.79 Å². The molecule has 170 valence electrons. The van der Waals surface area contributed by atoms with Crippen molar-refractivity contribution in [2.45, 2.75) is 26.8 Å². The molecule has 32 heavy (non-hydrogen) atoms. The minimum atomic E-state index is -0.635. The van der Waals surface area contributed by atoms with Crippen LogP contribution in [-0.4, -0.2) is 89.0 Å². The molecule has 0 spiro atoms. The Morgan fingerprint density at radius 2 is 1.81 bits per heavy atom. The van der Waals surface area contributed by atoms with E-state index in [2.05, 4.69) is 9.97 Å². The van der Waals surface area contributed by atoms with Gasteiger partial charge in [-0.15, -0.1) is 0 Å². The van der Waals surface area contributed by atoms with Gasteiger partial charge in [0.05, 0.1) is 12.3 Å². The zero-order valence-electron chi connectivity index (χ0n) is 19.2. The largest absolute Gasteiger partial charge is 0.462 e. The number of piperazine rings is 1. The summed E-state index contributed by atoms with van der Waals surface area (Å²) in [5.74, 6) is -0.626. The summed E-state index contributed by atoms with van der Waals surface area (Å²) in [7, 11) is 3.40. The minimum Gasteiger partial charge on any atom is -0.462 e. The molecule has 2 heterocycles. The van der Waals surface area contributed by atoms with E-state index in [-0.39, 0.29) is 35.8 Å². The molecule has 0 N–H and O–H groups in total. The lowest BCUT2D eigenvalue weighted by molar-refractivity contribution is 0.0495. The van der Waals surface area contributed by atoms with Crippen molar-refractivity contribution in [1.82, 2.24) is 24.7 Å². The van der Waals surface area contributed by atoms with E-state index in [0.29, 0.717) is 36.7 Å². The van der Waals surface area contributed by atoms with Crippen molar-refractivity contribution in [1.29, 1.82) is 0 Å². The van der Waals surface area contributed by atoms with Gasteiger partial charge in [-0.05, 0) is 20.8 Å². The molecule has 0 aliphatic carbocycles. The first-order valence-corrected chi connectivity index (χ1v) is 10.6. The highest BCUT2D eigenvalue weighted by Crippen LogP contribution is 2.26. The van der Waals surface area contributed by atoms with Crippen molar-refractivity contribution >= 4 is 17.9 Å². The van der Waals surface area contributed by atoms with Crippen LogP contribution in [0.1, 0.15) is 40.5 Å². The Kier molecular flexibility index (Phi) is 7.07. The van der Waals surface area contributed by atoms with Gasteiger partial charge in [-0.3, -0.25) is 4.79 Å². The summed E-state index contributed by atoms with van der Waals surface area (Å²) >= 11 is 0. The highest BCUT2D eigenvalue weighted by atomic mass is 16.5. The predicted molar refractivity (Wildman–Crippen MR) is 119 cm³/mol. The monoisotopic (exact) mass is 439 g/mol. The summed E-state index contributed by atoms with van der Waals surface area (Å²) in [5, 5.41) is 0. The van der Waals surface area contributed by atoms with Crippen LogP contribution in [0, 0.1) is 6.92 Å². The van der Waals surface area contributed by atoms with Gasteiger partial charge in [0.25, 0.3) is 5.91 Å². The van der Waals surface area contributed by atoms with Crippen LogP contribution < -0.4 is 0 Å². The standard InChI is InChI=1S/C23H29N5O4/c1-6-32-22(30)18-19(17-10-8-7-9-11-17)24-16(3)25-20(18)21(29)27-12-13-28(15(2)14-27)23(31)26(4)5/h7-11,15H,6,12-14H2,1-5H3. The van der Waals surface area contributed by atoms with E-state index in [4.69, 9.17) is 4.74 Å². The third-order valence-corrected chi connectivity index (χ3v) is 5.29. The number of esters is 1. The highest BCUT2D eigenvalue weighted by molar-refractivity contribution is 6.07. The van der Waals surface area contributed by atoms with Crippen molar-refractivity contribution in [3.63, 3.8) is 0 Å². The number of aromatic nitrogens is 2. The summed E-state index contributed by atoms with van der Waals surface area (Å²) in [6, 6.07) is 8.92. The number of hydrogen-bond donors (Lipinski definition) is 0. The Morgan fingerprint density at radius 3 is 2.41 bits per heavy atom. The number of benzene rings is 1. The van der Waals surface area contributed by atoms with Gasteiger partial charge in [0.1, 0.15) is 17.1 Å². The van der Waals surface area contributed by atoms with Crippen molar-refractivity contribution in [2.75, 3.05) is 40.3 Å². The molecule has 1 saturated heterocycles. The van der Waals surface area contributed by atoms with Gasteiger partial charge in [-0.2, -0.15) is 0 Å². The molecule has 1 fully saturated rings. The molecule has 1 aliphatic heterocycles. The Bertz CT molecular complexity index is 1010. The Hall–Kier alpha value is -3.49. The summed E-state index contributed by atoms with van der Waals surface area (Å²) in [5.41, 5.74) is 1.15. The molecule has 1 aliphatic rings. The fourth-order valence-corrected chi connectivity index (χ4v) is 3.76. The van der Waals surface area contributed by atoms with E-state index in [9.17, 15) is 14.4 Å². The van der Waals surface area contributed by atoms with Gasteiger partial charge in [-0.1, -0.05) is 30.3 Å². The number of hydrogen-bond acceptors (Lipinski definition) is 6. The third-order valence-electron chi connectivity index (χ3n) is 5.29. The number of ether oxygens (including phenoxy) is 1. The summed E-state index contributed by atoms with van der Waals surface area (Å²) in [6.45, 7) is 6.53. The first-order valence-electron chi connectivity index (χ1n) is 10.6. The maximum atomic E-state index is 13.5. The number of carbonyl (C=O) groups excluding carboxylic acids is 3. The van der Waals surface area contributed by atoms with Crippen LogP contribution in [0.15, 0.2) is 30.3 Å². The number of aryl methyl sites for hydroxylation is 1. The average Bonchev–Trinajstić information content (AvgIpc) is 2.78. The second-order valence-corrected chi connectivity index (χ2v) is 7.90. The van der Waals surface area contributed by atoms with Crippen LogP contribution in [-0.2, 0) is 4.74 Å². The molecule has 1 aromatic heterocycles. The summed E-state index contributed by atoms with van der Waals surface area (Å²) < 4.78 is 5.26. The second kappa shape index (κ2) is 9.76. The van der Waals surface area contributed by atoms with Gasteiger partial charge in [0.15, 0.2) is 0 Å². The number of nitrogens with zero attached hydrogens (tertiary/aromatic N) is 5. The Balaban J connectivity index is 2.00. The van der Waals surface area contributed by atoms with E-state index in [1.165, 1.54) is 4.90 Å². The predicted octanol–water partition coefficient (Wildman–Crippen LogP) is 2.46. The fraction of sp³-hybridized carbons (Fsp3) is 0.435. The topological polar surface area (TPSA) is 95.9 Å². The molecule has 0 saturated carbocycles. The second-order valence-electron chi connectivity index (χ2n) is 7.90. The van der Waals surface area contributed by atoms with E-state index >= 15 is 0 Å². The number of urea groups is 1. The van der Waals surface area contributed by atoms with E-state index in [0.717, 1.165) is 0 Å². The average molecular weight is 440 g/mol. The molecule has 9 nitrogen and oxygen atoms in total. The molecular weight excluding hydrogens is 410 g/mol. The maximum Gasteiger partial charge on any atom is 0.342 e. The molecule has 0 radical (unpaired) electrons. The Morgan fingerprint density at radius 1 is 1.12 bits per heavy atom. The zero-order chi connectivity index (χ0) is 23.4. The Labute approximate surface area is 188 Å². The van der Waals surface area contributed by atoms with Crippen LogP contribution >= 0.6 is 0 Å². The van der Waals surface area contributed by atoms with Crippen LogP contribution in [0.5, 0.6) is 0 Å². The van der Waals surface area contributed by atoms with Crippen molar-refractivity contribution in [3.8, 4) is 11.3 Å². The van der Waals surface area contributed by atoms with E-state index < -0.39 is 5.97 Å². The summed E-state index contributed by atoms with van der Waals surface area (Å²) in [4.78, 5) is 52.5. The third kappa shape index (κ3) is 4.71. The molecule has 1 atom stereocenters. The zero-order valence-corrected chi connectivity index (χ0v) is 19.2. The normalized spacial score (nSPS) is 16.0. The smallest absolute Gasteiger partial charge is 0.342 e. The van der Waals surface area contributed by atoms with Crippen molar-refractivity contribution in [3.05, 3.63) is 47.4 Å². The molecule has 3 rings (SSSR count). The van der Waals surface area contributed by atoms with Gasteiger partial charge in [0, 0.05) is 45.3 Å².